The SMILES string of the molecule is CSC1CCCC1NS(=O)(=O)c1cc(N)c(F)cc1Cl. The molecule has 0 spiro atoms. The van der Waals surface area contributed by atoms with Crippen LogP contribution in [-0.2, 0) is 10.0 Å². The van der Waals surface area contributed by atoms with Crippen LogP contribution in [0.2, 0.25) is 5.02 Å². The van der Waals surface area contributed by atoms with Crippen LogP contribution in [0, 0.1) is 5.82 Å². The number of nitrogens with two attached hydrogens (primary N) is 1. The molecule has 1 saturated carbocycles. The van der Waals surface area contributed by atoms with Crippen molar-refractivity contribution in [1.29, 1.82) is 0 Å². The summed E-state index contributed by atoms with van der Waals surface area (Å²) in [7, 11) is -3.80. The van der Waals surface area contributed by atoms with Crippen LogP contribution in [-0.4, -0.2) is 26.0 Å². The zero-order valence-electron chi connectivity index (χ0n) is 10.9. The zero-order valence-corrected chi connectivity index (χ0v) is 13.3. The van der Waals surface area contributed by atoms with Gasteiger partial charge >= 0.3 is 0 Å². The highest BCUT2D eigenvalue weighted by atomic mass is 35.5. The molecule has 0 heterocycles. The van der Waals surface area contributed by atoms with Crippen LogP contribution in [0.25, 0.3) is 0 Å². The van der Waals surface area contributed by atoms with E-state index in [4.69, 9.17) is 17.3 Å². The molecule has 1 aromatic rings. The maximum absolute atomic E-state index is 13.2. The fourth-order valence-corrected chi connectivity index (χ4v) is 5.24. The lowest BCUT2D eigenvalue weighted by Gasteiger charge is -2.19. The van der Waals surface area contributed by atoms with Gasteiger partial charge in [0.1, 0.15) is 10.7 Å². The van der Waals surface area contributed by atoms with Gasteiger partial charge in [0.15, 0.2) is 0 Å². The number of halogens is 2. The van der Waals surface area contributed by atoms with E-state index in [0.29, 0.717) is 0 Å². The minimum Gasteiger partial charge on any atom is -0.396 e. The van der Waals surface area contributed by atoms with E-state index >= 15 is 0 Å². The largest absolute Gasteiger partial charge is 0.396 e. The highest BCUT2D eigenvalue weighted by molar-refractivity contribution is 7.99. The third kappa shape index (κ3) is 3.21. The van der Waals surface area contributed by atoms with Crippen molar-refractivity contribution in [2.24, 2.45) is 0 Å². The highest BCUT2D eigenvalue weighted by Gasteiger charge is 2.31. The first-order chi connectivity index (χ1) is 9.35. The summed E-state index contributed by atoms with van der Waals surface area (Å²) in [5.74, 6) is -0.725. The minimum atomic E-state index is -3.80. The first kappa shape index (κ1) is 15.9. The molecule has 4 nitrogen and oxygen atoms in total. The van der Waals surface area contributed by atoms with E-state index in [0.717, 1.165) is 31.4 Å². The van der Waals surface area contributed by atoms with Crippen LogP contribution in [0.3, 0.4) is 0 Å². The molecule has 0 saturated heterocycles. The topological polar surface area (TPSA) is 72.2 Å². The van der Waals surface area contributed by atoms with Gasteiger partial charge in [0, 0.05) is 11.3 Å². The quantitative estimate of drug-likeness (QED) is 0.828. The summed E-state index contributed by atoms with van der Waals surface area (Å²) in [6.45, 7) is 0. The van der Waals surface area contributed by atoms with Gasteiger partial charge in [-0.1, -0.05) is 18.0 Å². The molecular formula is C12H16ClFN2O2S2. The molecule has 0 amide bonds. The van der Waals surface area contributed by atoms with Gasteiger partial charge in [-0.3, -0.25) is 0 Å². The number of nitrogen functional groups attached to an aromatic ring is 1. The Hall–Kier alpha value is -0.500. The maximum atomic E-state index is 13.2. The number of hydrogen-bond donors (Lipinski definition) is 2. The summed E-state index contributed by atoms with van der Waals surface area (Å²) in [5.41, 5.74) is 5.18. The van der Waals surface area contributed by atoms with Gasteiger partial charge in [0.25, 0.3) is 0 Å². The van der Waals surface area contributed by atoms with Crippen molar-refractivity contribution in [2.75, 3.05) is 12.0 Å². The highest BCUT2D eigenvalue weighted by Crippen LogP contribution is 2.31. The molecular weight excluding hydrogens is 323 g/mol. The van der Waals surface area contributed by atoms with E-state index < -0.39 is 15.8 Å². The molecule has 1 fully saturated rings. The van der Waals surface area contributed by atoms with Crippen LogP contribution in [0.5, 0.6) is 0 Å². The second-order valence-corrected chi connectivity index (χ2v) is 7.90. The molecule has 112 valence electrons. The van der Waals surface area contributed by atoms with Crippen LogP contribution in [0.1, 0.15) is 19.3 Å². The maximum Gasteiger partial charge on any atom is 0.242 e. The van der Waals surface area contributed by atoms with E-state index in [-0.39, 0.29) is 26.9 Å². The van der Waals surface area contributed by atoms with Crippen molar-refractivity contribution >= 4 is 39.1 Å². The second-order valence-electron chi connectivity index (χ2n) is 4.74. The Bertz CT molecular complexity index is 610. The van der Waals surface area contributed by atoms with Crippen LogP contribution < -0.4 is 10.5 Å². The Morgan fingerprint density at radius 1 is 1.45 bits per heavy atom. The molecule has 1 aliphatic rings. The molecule has 1 aromatic carbocycles. The average Bonchev–Trinajstić information content (AvgIpc) is 2.80. The number of nitrogens with one attached hydrogen (secondary N) is 1. The summed E-state index contributed by atoms with van der Waals surface area (Å²) in [5, 5.41) is 0.0873. The monoisotopic (exact) mass is 338 g/mol. The van der Waals surface area contributed by atoms with Gasteiger partial charge in [-0.15, -0.1) is 0 Å². The van der Waals surface area contributed by atoms with E-state index in [1.807, 2.05) is 6.26 Å². The predicted molar refractivity (Wildman–Crippen MR) is 81.1 cm³/mol. The molecule has 0 radical (unpaired) electrons. The first-order valence-electron chi connectivity index (χ1n) is 6.15. The third-order valence-electron chi connectivity index (χ3n) is 3.40. The molecule has 8 heteroatoms. The number of hydrogen-bond acceptors (Lipinski definition) is 4. The number of benzene rings is 1. The number of rotatable bonds is 4. The summed E-state index contributed by atoms with van der Waals surface area (Å²) >= 11 is 7.46. The standard InChI is InChI=1S/C12H16ClFN2O2S2/c1-19-11-4-2-3-10(11)16-20(17,18)12-6-9(15)8(14)5-7(12)13/h5-6,10-11,16H,2-4,15H2,1H3. The van der Waals surface area contributed by atoms with E-state index in [9.17, 15) is 12.8 Å². The van der Waals surface area contributed by atoms with Gasteiger partial charge in [-0.2, -0.15) is 11.8 Å². The number of thioether (sulfide) groups is 1. The summed E-state index contributed by atoms with van der Waals surface area (Å²) in [6.07, 6.45) is 4.71. The first-order valence-corrected chi connectivity index (χ1v) is 9.29. The molecule has 20 heavy (non-hydrogen) atoms. The Morgan fingerprint density at radius 3 is 2.80 bits per heavy atom. The van der Waals surface area contributed by atoms with Crippen molar-refractivity contribution < 1.29 is 12.8 Å². The lowest BCUT2D eigenvalue weighted by atomic mass is 10.3. The van der Waals surface area contributed by atoms with E-state index in [1.54, 1.807) is 11.8 Å². The normalized spacial score (nSPS) is 23.1. The summed E-state index contributed by atoms with van der Waals surface area (Å²) < 4.78 is 40.6. The van der Waals surface area contributed by atoms with Crippen LogP contribution >= 0.6 is 23.4 Å². The van der Waals surface area contributed by atoms with Crippen molar-refractivity contribution in [3.63, 3.8) is 0 Å². The summed E-state index contributed by atoms with van der Waals surface area (Å²) in [4.78, 5) is -0.176. The fourth-order valence-electron chi connectivity index (χ4n) is 2.36. The van der Waals surface area contributed by atoms with Crippen molar-refractivity contribution in [3.8, 4) is 0 Å². The fraction of sp³-hybridized carbons (Fsp3) is 0.500. The zero-order chi connectivity index (χ0) is 14.9. The summed E-state index contributed by atoms with van der Waals surface area (Å²) in [6, 6.07) is 1.85. The van der Waals surface area contributed by atoms with Crippen LogP contribution in [0.4, 0.5) is 10.1 Å². The van der Waals surface area contributed by atoms with Gasteiger partial charge in [-0.05, 0) is 31.2 Å². The average molecular weight is 339 g/mol. The van der Waals surface area contributed by atoms with Gasteiger partial charge < -0.3 is 5.73 Å². The Balaban J connectivity index is 2.29. The molecule has 1 aliphatic carbocycles. The van der Waals surface area contributed by atoms with E-state index in [2.05, 4.69) is 4.72 Å². The van der Waals surface area contributed by atoms with Crippen molar-refractivity contribution in [2.45, 2.75) is 35.4 Å². The molecule has 2 rings (SSSR count). The van der Waals surface area contributed by atoms with Gasteiger partial charge in [0.2, 0.25) is 10.0 Å². The molecule has 2 unspecified atom stereocenters. The lowest BCUT2D eigenvalue weighted by molar-refractivity contribution is 0.555. The molecule has 2 atom stereocenters. The van der Waals surface area contributed by atoms with Crippen LogP contribution in [0.15, 0.2) is 17.0 Å². The smallest absolute Gasteiger partial charge is 0.242 e. The van der Waals surface area contributed by atoms with Gasteiger partial charge in [0.05, 0.1) is 10.7 Å². The van der Waals surface area contributed by atoms with Crippen molar-refractivity contribution in [3.05, 3.63) is 23.0 Å². The molecule has 0 aromatic heterocycles. The third-order valence-corrected chi connectivity index (χ3v) is 6.53. The lowest BCUT2D eigenvalue weighted by Crippen LogP contribution is -2.38. The predicted octanol–water partition coefficient (Wildman–Crippen LogP) is 2.62. The number of sulfonamides is 1. The molecule has 0 aliphatic heterocycles. The van der Waals surface area contributed by atoms with Crippen molar-refractivity contribution in [1.82, 2.24) is 4.72 Å². The van der Waals surface area contributed by atoms with Gasteiger partial charge in [-0.25, -0.2) is 17.5 Å². The molecule has 0 bridgehead atoms. The Kier molecular flexibility index (Phi) is 4.84. The Morgan fingerprint density at radius 2 is 2.15 bits per heavy atom. The minimum absolute atomic E-state index is 0.127. The van der Waals surface area contributed by atoms with E-state index in [1.165, 1.54) is 0 Å². The Labute approximate surface area is 127 Å². The molecule has 3 N–H and O–H groups in total. The number of anilines is 1. The second kappa shape index (κ2) is 6.09.